The number of hydrogen-bond acceptors (Lipinski definition) is 2. The van der Waals surface area contributed by atoms with E-state index in [2.05, 4.69) is 4.98 Å². The molecule has 1 N–H and O–H groups in total. The van der Waals surface area contributed by atoms with E-state index < -0.39 is 40.8 Å². The predicted octanol–water partition coefficient (Wildman–Crippen LogP) is 5.66. The van der Waals surface area contributed by atoms with Gasteiger partial charge in [-0.15, -0.1) is 0 Å². The lowest BCUT2D eigenvalue weighted by Gasteiger charge is -2.22. The number of halogens is 6. The van der Waals surface area contributed by atoms with Crippen LogP contribution in [-0.4, -0.2) is 10.1 Å². The van der Waals surface area contributed by atoms with Gasteiger partial charge in [-0.25, -0.2) is 4.98 Å². The summed E-state index contributed by atoms with van der Waals surface area (Å²) in [6.07, 6.45) is -11.4. The average molecular weight is 385 g/mol. The van der Waals surface area contributed by atoms with E-state index in [0.29, 0.717) is 6.07 Å². The smallest absolute Gasteiger partial charge is 0.384 e. The van der Waals surface area contributed by atoms with Gasteiger partial charge < -0.3 is 5.11 Å². The van der Waals surface area contributed by atoms with E-state index in [-0.39, 0.29) is 16.5 Å². The molecule has 0 aliphatic heterocycles. The van der Waals surface area contributed by atoms with Gasteiger partial charge in [0.15, 0.2) is 0 Å². The molecule has 2 nitrogen and oxygen atoms in total. The summed E-state index contributed by atoms with van der Waals surface area (Å²) in [5, 5.41) is 10.5. The first-order valence-electron chi connectivity index (χ1n) is 7.82. The van der Waals surface area contributed by atoms with Crippen LogP contribution in [0.1, 0.15) is 34.1 Å². The van der Waals surface area contributed by atoms with Crippen LogP contribution in [0.25, 0.3) is 10.9 Å². The highest BCUT2D eigenvalue weighted by molar-refractivity contribution is 5.87. The molecule has 8 heteroatoms. The van der Waals surface area contributed by atoms with E-state index in [0.717, 1.165) is 13.0 Å². The monoisotopic (exact) mass is 385 g/mol. The topological polar surface area (TPSA) is 33.1 Å². The van der Waals surface area contributed by atoms with Gasteiger partial charge in [0.25, 0.3) is 0 Å². The second-order valence-corrected chi connectivity index (χ2v) is 6.01. The Labute approximate surface area is 150 Å². The van der Waals surface area contributed by atoms with Gasteiger partial charge in [0.05, 0.1) is 11.1 Å². The zero-order valence-electron chi connectivity index (χ0n) is 13.9. The average Bonchev–Trinajstić information content (AvgIpc) is 2.59. The number of aromatic nitrogens is 1. The lowest BCUT2D eigenvalue weighted by molar-refractivity contribution is -0.142. The molecule has 1 aromatic heterocycles. The Morgan fingerprint density at radius 2 is 1.48 bits per heavy atom. The molecular formula is C19H13F6NO. The maximum absolute atomic E-state index is 13.4. The first-order chi connectivity index (χ1) is 12.5. The summed E-state index contributed by atoms with van der Waals surface area (Å²) in [5.41, 5.74) is -3.97. The number of nitrogens with zero attached hydrogens (tertiary/aromatic N) is 1. The van der Waals surface area contributed by atoms with E-state index in [1.54, 1.807) is 18.2 Å². The predicted molar refractivity (Wildman–Crippen MR) is 87.0 cm³/mol. The normalized spacial score (nSPS) is 13.8. The zero-order valence-corrected chi connectivity index (χ0v) is 13.9. The third-order valence-corrected chi connectivity index (χ3v) is 4.27. The third-order valence-electron chi connectivity index (χ3n) is 4.27. The van der Waals surface area contributed by atoms with Crippen LogP contribution in [-0.2, 0) is 12.4 Å². The quantitative estimate of drug-likeness (QED) is 0.577. The minimum Gasteiger partial charge on any atom is -0.384 e. The van der Waals surface area contributed by atoms with Crippen LogP contribution >= 0.6 is 0 Å². The van der Waals surface area contributed by atoms with Crippen LogP contribution in [0.15, 0.2) is 48.5 Å². The summed E-state index contributed by atoms with van der Waals surface area (Å²) in [7, 11) is 0. The van der Waals surface area contributed by atoms with Gasteiger partial charge in [-0.2, -0.15) is 26.3 Å². The molecule has 0 saturated heterocycles. The lowest BCUT2D eigenvalue weighted by atomic mass is 9.91. The summed E-state index contributed by atoms with van der Waals surface area (Å²) >= 11 is 0. The molecule has 0 saturated carbocycles. The Morgan fingerprint density at radius 3 is 2.04 bits per heavy atom. The van der Waals surface area contributed by atoms with Crippen molar-refractivity contribution in [3.8, 4) is 0 Å². The zero-order chi connectivity index (χ0) is 20.0. The number of benzene rings is 2. The molecule has 1 atom stereocenters. The molecular weight excluding hydrogens is 372 g/mol. The summed E-state index contributed by atoms with van der Waals surface area (Å²) in [4.78, 5) is 3.29. The summed E-state index contributed by atoms with van der Waals surface area (Å²) < 4.78 is 80.2. The van der Waals surface area contributed by atoms with Crippen LogP contribution in [0.5, 0.6) is 0 Å². The summed E-state index contributed by atoms with van der Waals surface area (Å²) in [5.74, 6) is 0. The molecule has 2 aromatic carbocycles. The highest BCUT2D eigenvalue weighted by atomic mass is 19.4. The Morgan fingerprint density at radius 1 is 0.852 bits per heavy atom. The molecule has 3 aromatic rings. The standard InChI is InChI=1S/C19H13F6NO/c1-10-14(16(27)11-6-3-2-4-7-11)12-8-5-9-13(18(20,21)22)15(12)26-17(10)19(23,24)25/h2-9,16,27H,1H3. The summed E-state index contributed by atoms with van der Waals surface area (Å²) in [6, 6.07) is 10.7. The number of aliphatic hydroxyl groups is 1. The SMILES string of the molecule is Cc1c(C(F)(F)F)nc2c(C(F)(F)F)cccc2c1C(O)c1ccccc1. The molecule has 0 aliphatic rings. The van der Waals surface area contributed by atoms with Crippen molar-refractivity contribution in [2.45, 2.75) is 25.4 Å². The lowest BCUT2D eigenvalue weighted by Crippen LogP contribution is -2.17. The van der Waals surface area contributed by atoms with E-state index in [4.69, 9.17) is 0 Å². The van der Waals surface area contributed by atoms with Crippen molar-refractivity contribution in [1.82, 2.24) is 4.98 Å². The van der Waals surface area contributed by atoms with Crippen molar-refractivity contribution in [2.24, 2.45) is 0 Å². The largest absolute Gasteiger partial charge is 0.433 e. The second kappa shape index (κ2) is 6.53. The van der Waals surface area contributed by atoms with Crippen LogP contribution < -0.4 is 0 Å². The van der Waals surface area contributed by atoms with Crippen molar-refractivity contribution in [3.63, 3.8) is 0 Å². The number of alkyl halides is 6. The Bertz CT molecular complexity index is 979. The van der Waals surface area contributed by atoms with Crippen molar-refractivity contribution in [3.05, 3.63) is 76.5 Å². The fourth-order valence-electron chi connectivity index (χ4n) is 3.07. The molecule has 0 fully saturated rings. The minimum atomic E-state index is -4.97. The second-order valence-electron chi connectivity index (χ2n) is 6.01. The third kappa shape index (κ3) is 3.49. The van der Waals surface area contributed by atoms with E-state index >= 15 is 0 Å². The van der Waals surface area contributed by atoms with E-state index in [1.165, 1.54) is 18.2 Å². The number of aliphatic hydroxyl groups excluding tert-OH is 1. The minimum absolute atomic E-state index is 0.174. The summed E-state index contributed by atoms with van der Waals surface area (Å²) in [6.45, 7) is 1.09. The Balaban J connectivity index is 2.43. The van der Waals surface area contributed by atoms with E-state index in [1.807, 2.05) is 0 Å². The van der Waals surface area contributed by atoms with Crippen LogP contribution in [0, 0.1) is 6.92 Å². The van der Waals surface area contributed by atoms with Gasteiger partial charge in [-0.05, 0) is 29.7 Å². The Kier molecular flexibility index (Phi) is 4.63. The van der Waals surface area contributed by atoms with Crippen molar-refractivity contribution >= 4 is 10.9 Å². The maximum Gasteiger partial charge on any atom is 0.433 e. The van der Waals surface area contributed by atoms with Gasteiger partial charge in [0.1, 0.15) is 11.8 Å². The molecule has 142 valence electrons. The molecule has 1 heterocycles. The highest BCUT2D eigenvalue weighted by Crippen LogP contribution is 2.42. The molecule has 0 aliphatic carbocycles. The fraction of sp³-hybridized carbons (Fsp3) is 0.211. The number of rotatable bonds is 2. The molecule has 27 heavy (non-hydrogen) atoms. The number of pyridine rings is 1. The number of hydrogen-bond donors (Lipinski definition) is 1. The number of fused-ring (bicyclic) bond motifs is 1. The molecule has 0 radical (unpaired) electrons. The van der Waals surface area contributed by atoms with Gasteiger partial charge in [0.2, 0.25) is 0 Å². The Hall–Kier alpha value is -2.61. The molecule has 0 amide bonds. The first kappa shape index (κ1) is 19.2. The van der Waals surface area contributed by atoms with Gasteiger partial charge in [-0.3, -0.25) is 0 Å². The molecule has 1 unspecified atom stereocenters. The molecule has 3 rings (SSSR count). The van der Waals surface area contributed by atoms with Crippen molar-refractivity contribution < 1.29 is 31.4 Å². The molecule has 0 spiro atoms. The maximum atomic E-state index is 13.4. The van der Waals surface area contributed by atoms with Crippen molar-refractivity contribution in [2.75, 3.05) is 0 Å². The van der Waals surface area contributed by atoms with Crippen LogP contribution in [0.4, 0.5) is 26.3 Å². The highest BCUT2D eigenvalue weighted by Gasteiger charge is 2.39. The van der Waals surface area contributed by atoms with Crippen LogP contribution in [0.2, 0.25) is 0 Å². The van der Waals surface area contributed by atoms with Gasteiger partial charge >= 0.3 is 12.4 Å². The van der Waals surface area contributed by atoms with Gasteiger partial charge in [-0.1, -0.05) is 42.5 Å². The van der Waals surface area contributed by atoms with Crippen LogP contribution in [0.3, 0.4) is 0 Å². The van der Waals surface area contributed by atoms with E-state index in [9.17, 15) is 31.4 Å². The molecule has 0 bridgehead atoms. The number of para-hydroxylation sites is 1. The fourth-order valence-corrected chi connectivity index (χ4v) is 3.07. The van der Waals surface area contributed by atoms with Gasteiger partial charge in [0, 0.05) is 5.39 Å². The van der Waals surface area contributed by atoms with Crippen molar-refractivity contribution in [1.29, 1.82) is 0 Å². The first-order valence-corrected chi connectivity index (χ1v) is 7.82.